The Balaban J connectivity index is 1.85. The fraction of sp³-hybridized carbons (Fsp3) is 0.294. The minimum atomic E-state index is -2.40. The Kier molecular flexibility index (Phi) is 5.24. The van der Waals surface area contributed by atoms with Gasteiger partial charge >= 0.3 is 0 Å². The second-order valence-electron chi connectivity index (χ2n) is 4.99. The first-order valence-corrected chi connectivity index (χ1v) is 6.79. The Morgan fingerprint density at radius 1 is 0.950 bits per heavy atom. The van der Waals surface area contributed by atoms with Gasteiger partial charge in [-0.2, -0.15) is 0 Å². The highest BCUT2D eigenvalue weighted by Crippen LogP contribution is 2.19. The van der Waals surface area contributed by atoms with E-state index >= 15 is 0 Å². The van der Waals surface area contributed by atoms with Crippen LogP contribution in [0.2, 0.25) is 0 Å². The summed E-state index contributed by atoms with van der Waals surface area (Å²) >= 11 is 0. The van der Waals surface area contributed by atoms with E-state index < -0.39 is 6.43 Å². The Bertz CT molecular complexity index is 526. The molecular formula is C17H19F2N. The summed E-state index contributed by atoms with van der Waals surface area (Å²) < 4.78 is 25.2. The van der Waals surface area contributed by atoms with Gasteiger partial charge in [-0.05, 0) is 23.1 Å². The van der Waals surface area contributed by atoms with Crippen molar-refractivity contribution in [3.05, 3.63) is 71.3 Å². The summed E-state index contributed by atoms with van der Waals surface area (Å²) in [5, 5.41) is 3.32. The average Bonchev–Trinajstić information content (AvgIpc) is 2.48. The average molecular weight is 275 g/mol. The summed E-state index contributed by atoms with van der Waals surface area (Å²) in [4.78, 5) is 0. The Morgan fingerprint density at radius 3 is 2.35 bits per heavy atom. The quantitative estimate of drug-likeness (QED) is 0.817. The maximum Gasteiger partial charge on any atom is 0.263 e. The van der Waals surface area contributed by atoms with Crippen molar-refractivity contribution in [1.82, 2.24) is 5.32 Å². The minimum Gasteiger partial charge on any atom is -0.312 e. The summed E-state index contributed by atoms with van der Waals surface area (Å²) in [5.41, 5.74) is 2.25. The van der Waals surface area contributed by atoms with Crippen molar-refractivity contribution in [3.8, 4) is 0 Å². The van der Waals surface area contributed by atoms with Crippen LogP contribution in [-0.2, 0) is 6.54 Å². The van der Waals surface area contributed by atoms with Crippen molar-refractivity contribution in [2.24, 2.45) is 0 Å². The lowest BCUT2D eigenvalue weighted by molar-refractivity contribution is 0.151. The zero-order valence-electron chi connectivity index (χ0n) is 11.5. The molecule has 1 unspecified atom stereocenters. The molecule has 0 saturated heterocycles. The van der Waals surface area contributed by atoms with Crippen molar-refractivity contribution < 1.29 is 8.78 Å². The lowest BCUT2D eigenvalue weighted by Gasteiger charge is -2.13. The highest BCUT2D eigenvalue weighted by molar-refractivity contribution is 5.24. The van der Waals surface area contributed by atoms with Crippen molar-refractivity contribution >= 4 is 0 Å². The van der Waals surface area contributed by atoms with E-state index in [1.807, 2.05) is 24.3 Å². The number of nitrogens with one attached hydrogen (secondary N) is 1. The molecule has 0 fully saturated rings. The van der Waals surface area contributed by atoms with Gasteiger partial charge in [-0.1, -0.05) is 55.5 Å². The van der Waals surface area contributed by atoms with E-state index in [4.69, 9.17) is 0 Å². The number of hydrogen-bond acceptors (Lipinski definition) is 1. The van der Waals surface area contributed by atoms with Crippen LogP contribution in [0.4, 0.5) is 8.78 Å². The first-order chi connectivity index (χ1) is 9.66. The van der Waals surface area contributed by atoms with E-state index in [2.05, 4.69) is 24.4 Å². The van der Waals surface area contributed by atoms with E-state index in [9.17, 15) is 8.78 Å². The summed E-state index contributed by atoms with van der Waals surface area (Å²) in [7, 11) is 0. The number of halogens is 2. The normalized spacial score (nSPS) is 12.6. The van der Waals surface area contributed by atoms with Crippen LogP contribution < -0.4 is 5.32 Å². The molecule has 106 valence electrons. The van der Waals surface area contributed by atoms with E-state index in [-0.39, 0.29) is 5.56 Å². The first-order valence-electron chi connectivity index (χ1n) is 6.79. The van der Waals surface area contributed by atoms with Crippen LogP contribution in [0, 0.1) is 0 Å². The lowest BCUT2D eigenvalue weighted by atomic mass is 10.0. The lowest BCUT2D eigenvalue weighted by Crippen LogP contribution is -2.19. The van der Waals surface area contributed by atoms with Crippen molar-refractivity contribution in [1.29, 1.82) is 0 Å². The van der Waals surface area contributed by atoms with Gasteiger partial charge in [-0.3, -0.25) is 0 Å². The van der Waals surface area contributed by atoms with Gasteiger partial charge in [0.2, 0.25) is 0 Å². The monoisotopic (exact) mass is 275 g/mol. The van der Waals surface area contributed by atoms with Crippen LogP contribution in [0.1, 0.15) is 36.0 Å². The number of benzene rings is 2. The molecule has 0 amide bonds. The van der Waals surface area contributed by atoms with Crippen molar-refractivity contribution in [2.75, 3.05) is 6.54 Å². The fourth-order valence-corrected chi connectivity index (χ4v) is 2.17. The molecular weight excluding hydrogens is 256 g/mol. The van der Waals surface area contributed by atoms with Gasteiger partial charge in [0.25, 0.3) is 6.43 Å². The summed E-state index contributed by atoms with van der Waals surface area (Å²) in [6, 6.07) is 16.8. The molecule has 2 aromatic carbocycles. The molecule has 2 rings (SSSR count). The first kappa shape index (κ1) is 14.7. The molecule has 1 N–H and O–H groups in total. The van der Waals surface area contributed by atoms with Crippen LogP contribution in [0.25, 0.3) is 0 Å². The third-order valence-electron chi connectivity index (χ3n) is 3.35. The van der Waals surface area contributed by atoms with Crippen LogP contribution in [0.3, 0.4) is 0 Å². The topological polar surface area (TPSA) is 12.0 Å². The standard InChI is InChI=1S/C17H19F2N/c1-13(15-7-3-2-4-8-15)11-20-12-14-6-5-9-16(10-14)17(18)19/h2-10,13,17,20H,11-12H2,1H3. The number of hydrogen-bond donors (Lipinski definition) is 1. The molecule has 0 aromatic heterocycles. The molecule has 1 atom stereocenters. The van der Waals surface area contributed by atoms with Crippen LogP contribution in [-0.4, -0.2) is 6.54 Å². The summed E-state index contributed by atoms with van der Waals surface area (Å²) in [5.74, 6) is 0.398. The SMILES string of the molecule is CC(CNCc1cccc(C(F)F)c1)c1ccccc1. The number of rotatable bonds is 6. The maximum atomic E-state index is 12.6. The fourth-order valence-electron chi connectivity index (χ4n) is 2.17. The van der Waals surface area contributed by atoms with Crippen molar-refractivity contribution in [2.45, 2.75) is 25.8 Å². The van der Waals surface area contributed by atoms with E-state index in [0.29, 0.717) is 12.5 Å². The molecule has 0 heterocycles. The van der Waals surface area contributed by atoms with Gasteiger partial charge in [0.05, 0.1) is 0 Å². The predicted molar refractivity (Wildman–Crippen MR) is 78.0 cm³/mol. The predicted octanol–water partition coefficient (Wildman–Crippen LogP) is 4.52. The highest BCUT2D eigenvalue weighted by Gasteiger charge is 2.07. The van der Waals surface area contributed by atoms with Gasteiger partial charge in [0.1, 0.15) is 0 Å². The zero-order chi connectivity index (χ0) is 14.4. The molecule has 0 bridgehead atoms. The molecule has 2 aromatic rings. The van der Waals surface area contributed by atoms with Gasteiger partial charge < -0.3 is 5.32 Å². The molecule has 1 nitrogen and oxygen atoms in total. The summed E-state index contributed by atoms with van der Waals surface area (Å²) in [6.07, 6.45) is -2.40. The zero-order valence-corrected chi connectivity index (χ0v) is 11.5. The van der Waals surface area contributed by atoms with Gasteiger partial charge in [-0.15, -0.1) is 0 Å². The third-order valence-corrected chi connectivity index (χ3v) is 3.35. The van der Waals surface area contributed by atoms with Crippen LogP contribution >= 0.6 is 0 Å². The van der Waals surface area contributed by atoms with Crippen LogP contribution in [0.15, 0.2) is 54.6 Å². The maximum absolute atomic E-state index is 12.6. The summed E-state index contributed by atoms with van der Waals surface area (Å²) in [6.45, 7) is 3.58. The molecule has 3 heteroatoms. The number of alkyl halides is 2. The molecule has 20 heavy (non-hydrogen) atoms. The second-order valence-corrected chi connectivity index (χ2v) is 4.99. The van der Waals surface area contributed by atoms with Crippen LogP contribution in [0.5, 0.6) is 0 Å². The van der Waals surface area contributed by atoms with E-state index in [1.165, 1.54) is 11.6 Å². The highest BCUT2D eigenvalue weighted by atomic mass is 19.3. The van der Waals surface area contributed by atoms with Crippen molar-refractivity contribution in [3.63, 3.8) is 0 Å². The van der Waals surface area contributed by atoms with E-state index in [0.717, 1.165) is 12.1 Å². The van der Waals surface area contributed by atoms with Gasteiger partial charge in [-0.25, -0.2) is 8.78 Å². The third kappa shape index (κ3) is 4.14. The molecule has 0 aliphatic rings. The molecule has 0 radical (unpaired) electrons. The Morgan fingerprint density at radius 2 is 1.65 bits per heavy atom. The largest absolute Gasteiger partial charge is 0.312 e. The molecule has 0 saturated carbocycles. The van der Waals surface area contributed by atoms with Gasteiger partial charge in [0, 0.05) is 18.7 Å². The van der Waals surface area contributed by atoms with Gasteiger partial charge in [0.15, 0.2) is 0 Å². The Hall–Kier alpha value is -1.74. The smallest absolute Gasteiger partial charge is 0.263 e. The Labute approximate surface area is 118 Å². The minimum absolute atomic E-state index is 0.0837. The van der Waals surface area contributed by atoms with E-state index in [1.54, 1.807) is 12.1 Å². The molecule has 0 aliphatic heterocycles. The second kappa shape index (κ2) is 7.15. The molecule has 0 aliphatic carbocycles. The molecule has 0 spiro atoms.